The fourth-order valence-electron chi connectivity index (χ4n) is 3.27. The third-order valence-corrected chi connectivity index (χ3v) is 7.41. The SMILES string of the molecule is Cc1c(Cl)cccc1NC(=O)[C@@H]1CCCN(S(=O)(=O)Cc2ccc(Cl)cc2)C1. The predicted molar refractivity (Wildman–Crippen MR) is 113 cm³/mol. The minimum absolute atomic E-state index is 0.105. The highest BCUT2D eigenvalue weighted by Gasteiger charge is 2.32. The highest BCUT2D eigenvalue weighted by Crippen LogP contribution is 2.26. The summed E-state index contributed by atoms with van der Waals surface area (Å²) in [6.07, 6.45) is 1.30. The van der Waals surface area contributed by atoms with Crippen LogP contribution >= 0.6 is 23.2 Å². The number of piperidine rings is 1. The average molecular weight is 441 g/mol. The summed E-state index contributed by atoms with van der Waals surface area (Å²) < 4.78 is 27.0. The van der Waals surface area contributed by atoms with E-state index in [1.54, 1.807) is 42.5 Å². The molecule has 1 amide bonds. The van der Waals surface area contributed by atoms with E-state index >= 15 is 0 Å². The van der Waals surface area contributed by atoms with Gasteiger partial charge in [-0.3, -0.25) is 4.79 Å². The summed E-state index contributed by atoms with van der Waals surface area (Å²) in [5, 5.41) is 4.03. The fraction of sp³-hybridized carbons (Fsp3) is 0.350. The van der Waals surface area contributed by atoms with E-state index in [1.807, 2.05) is 6.92 Å². The van der Waals surface area contributed by atoms with Gasteiger partial charge in [0.2, 0.25) is 15.9 Å². The van der Waals surface area contributed by atoms with Gasteiger partial charge in [0.1, 0.15) is 0 Å². The molecular weight excluding hydrogens is 419 g/mol. The van der Waals surface area contributed by atoms with Crippen LogP contribution < -0.4 is 5.32 Å². The Labute approximate surface area is 175 Å². The quantitative estimate of drug-likeness (QED) is 0.744. The zero-order chi connectivity index (χ0) is 20.3. The second kappa shape index (κ2) is 8.82. The Bertz CT molecular complexity index is 962. The molecule has 28 heavy (non-hydrogen) atoms. The minimum Gasteiger partial charge on any atom is -0.326 e. The standard InChI is InChI=1S/C20H22Cl2N2O3S/c1-14-18(22)5-2-6-19(14)23-20(25)16-4-3-11-24(12-16)28(26,27)13-15-7-9-17(21)10-8-15/h2,5-10,16H,3-4,11-13H2,1H3,(H,23,25)/t16-/m1/s1. The first-order valence-electron chi connectivity index (χ1n) is 9.04. The van der Waals surface area contributed by atoms with Gasteiger partial charge >= 0.3 is 0 Å². The monoisotopic (exact) mass is 440 g/mol. The molecule has 1 fully saturated rings. The summed E-state index contributed by atoms with van der Waals surface area (Å²) in [6, 6.07) is 12.1. The first-order valence-corrected chi connectivity index (χ1v) is 11.4. The summed E-state index contributed by atoms with van der Waals surface area (Å²) in [4.78, 5) is 12.7. The number of halogens is 2. The average Bonchev–Trinajstić information content (AvgIpc) is 2.67. The van der Waals surface area contributed by atoms with Gasteiger partial charge in [-0.1, -0.05) is 41.4 Å². The molecule has 2 aromatic carbocycles. The van der Waals surface area contributed by atoms with Crippen molar-refractivity contribution in [2.75, 3.05) is 18.4 Å². The number of hydrogen-bond acceptors (Lipinski definition) is 3. The van der Waals surface area contributed by atoms with Gasteiger partial charge < -0.3 is 5.32 Å². The number of nitrogens with zero attached hydrogens (tertiary/aromatic N) is 1. The van der Waals surface area contributed by atoms with Crippen molar-refractivity contribution in [3.63, 3.8) is 0 Å². The molecule has 1 aliphatic heterocycles. The lowest BCUT2D eigenvalue weighted by Crippen LogP contribution is -2.44. The second-order valence-corrected chi connectivity index (χ2v) is 9.79. The normalized spacial score (nSPS) is 18.0. The number of sulfonamides is 1. The molecular formula is C20H22Cl2N2O3S. The van der Waals surface area contributed by atoms with E-state index < -0.39 is 15.9 Å². The molecule has 1 aliphatic rings. The van der Waals surface area contributed by atoms with Crippen LogP contribution in [0.25, 0.3) is 0 Å². The van der Waals surface area contributed by atoms with Crippen LogP contribution in [0.5, 0.6) is 0 Å². The van der Waals surface area contributed by atoms with Crippen LogP contribution in [-0.2, 0) is 20.6 Å². The molecule has 1 N–H and O–H groups in total. The van der Waals surface area contributed by atoms with Crippen LogP contribution in [0.4, 0.5) is 5.69 Å². The summed E-state index contributed by atoms with van der Waals surface area (Å²) in [6.45, 7) is 2.44. The Morgan fingerprint density at radius 1 is 1.18 bits per heavy atom. The lowest BCUT2D eigenvalue weighted by Gasteiger charge is -2.31. The first-order chi connectivity index (χ1) is 13.3. The molecule has 0 aliphatic carbocycles. The summed E-state index contributed by atoms with van der Waals surface area (Å²) in [5.74, 6) is -0.685. The molecule has 0 bridgehead atoms. The maximum atomic E-state index is 12.8. The Morgan fingerprint density at radius 2 is 1.89 bits per heavy atom. The van der Waals surface area contributed by atoms with Crippen molar-refractivity contribution in [3.05, 3.63) is 63.6 Å². The third kappa shape index (κ3) is 5.06. The Kier molecular flexibility index (Phi) is 6.65. The zero-order valence-corrected chi connectivity index (χ0v) is 17.8. The highest BCUT2D eigenvalue weighted by molar-refractivity contribution is 7.88. The first kappa shape index (κ1) is 21.1. The molecule has 5 nitrogen and oxygen atoms in total. The van der Waals surface area contributed by atoms with Crippen molar-refractivity contribution in [1.82, 2.24) is 4.31 Å². The van der Waals surface area contributed by atoms with Gasteiger partial charge in [0.05, 0.1) is 11.7 Å². The number of rotatable bonds is 5. The molecule has 0 aromatic heterocycles. The maximum Gasteiger partial charge on any atom is 0.228 e. The molecule has 0 unspecified atom stereocenters. The van der Waals surface area contributed by atoms with Crippen molar-refractivity contribution >= 4 is 44.8 Å². The Morgan fingerprint density at radius 3 is 2.61 bits per heavy atom. The van der Waals surface area contributed by atoms with Crippen molar-refractivity contribution in [3.8, 4) is 0 Å². The second-order valence-electron chi connectivity index (χ2n) is 6.98. The molecule has 3 rings (SSSR count). The molecule has 1 heterocycles. The number of carbonyl (C=O) groups is 1. The predicted octanol–water partition coefficient (Wildman–Crippen LogP) is 4.48. The molecule has 1 saturated heterocycles. The van der Waals surface area contributed by atoms with Gasteiger partial charge in [0, 0.05) is 28.8 Å². The zero-order valence-electron chi connectivity index (χ0n) is 15.5. The van der Waals surface area contributed by atoms with Gasteiger partial charge in [-0.15, -0.1) is 0 Å². The van der Waals surface area contributed by atoms with Gasteiger partial charge in [0.15, 0.2) is 0 Å². The largest absolute Gasteiger partial charge is 0.326 e. The lowest BCUT2D eigenvalue weighted by molar-refractivity contribution is -0.120. The molecule has 0 saturated carbocycles. The van der Waals surface area contributed by atoms with Crippen LogP contribution in [0.2, 0.25) is 10.0 Å². The smallest absolute Gasteiger partial charge is 0.228 e. The molecule has 0 spiro atoms. The molecule has 0 radical (unpaired) electrons. The van der Waals surface area contributed by atoms with Gasteiger partial charge in [0.25, 0.3) is 0 Å². The van der Waals surface area contributed by atoms with Gasteiger partial charge in [-0.25, -0.2) is 12.7 Å². The van der Waals surface area contributed by atoms with E-state index in [0.29, 0.717) is 40.7 Å². The van der Waals surface area contributed by atoms with E-state index in [-0.39, 0.29) is 18.2 Å². The van der Waals surface area contributed by atoms with E-state index in [2.05, 4.69) is 5.32 Å². The highest BCUT2D eigenvalue weighted by atomic mass is 35.5. The molecule has 150 valence electrons. The van der Waals surface area contributed by atoms with E-state index in [0.717, 1.165) is 5.56 Å². The summed E-state index contributed by atoms with van der Waals surface area (Å²) in [7, 11) is -3.51. The Hall–Kier alpha value is -1.60. The van der Waals surface area contributed by atoms with E-state index in [4.69, 9.17) is 23.2 Å². The lowest BCUT2D eigenvalue weighted by atomic mass is 9.98. The van der Waals surface area contributed by atoms with Crippen molar-refractivity contribution in [1.29, 1.82) is 0 Å². The number of carbonyl (C=O) groups excluding carboxylic acids is 1. The van der Waals surface area contributed by atoms with Crippen LogP contribution in [0.3, 0.4) is 0 Å². The fourth-order valence-corrected chi connectivity index (χ4v) is 5.18. The van der Waals surface area contributed by atoms with Crippen molar-refractivity contribution in [2.24, 2.45) is 5.92 Å². The number of benzene rings is 2. The number of hydrogen-bond donors (Lipinski definition) is 1. The van der Waals surface area contributed by atoms with Crippen molar-refractivity contribution in [2.45, 2.75) is 25.5 Å². The van der Waals surface area contributed by atoms with Crippen LogP contribution in [-0.4, -0.2) is 31.7 Å². The summed E-state index contributed by atoms with van der Waals surface area (Å²) >= 11 is 12.0. The topological polar surface area (TPSA) is 66.5 Å². The Balaban J connectivity index is 1.68. The van der Waals surface area contributed by atoms with E-state index in [1.165, 1.54) is 4.31 Å². The van der Waals surface area contributed by atoms with Crippen LogP contribution in [0.15, 0.2) is 42.5 Å². The van der Waals surface area contributed by atoms with Crippen LogP contribution in [0, 0.1) is 12.8 Å². The van der Waals surface area contributed by atoms with Crippen LogP contribution in [0.1, 0.15) is 24.0 Å². The summed E-state index contributed by atoms with van der Waals surface area (Å²) in [5.41, 5.74) is 2.12. The number of anilines is 1. The molecule has 1 atom stereocenters. The molecule has 2 aromatic rings. The number of amides is 1. The van der Waals surface area contributed by atoms with E-state index in [9.17, 15) is 13.2 Å². The number of nitrogens with one attached hydrogen (secondary N) is 1. The molecule has 8 heteroatoms. The van der Waals surface area contributed by atoms with Gasteiger partial charge in [-0.05, 0) is 55.2 Å². The minimum atomic E-state index is -3.51. The van der Waals surface area contributed by atoms with Gasteiger partial charge in [-0.2, -0.15) is 0 Å². The van der Waals surface area contributed by atoms with Crippen molar-refractivity contribution < 1.29 is 13.2 Å². The third-order valence-electron chi connectivity index (χ3n) is 4.94. The maximum absolute atomic E-state index is 12.8.